The van der Waals surface area contributed by atoms with E-state index in [0.29, 0.717) is 29.6 Å². The first-order chi connectivity index (χ1) is 9.31. The molecule has 112 valence electrons. The Kier molecular flexibility index (Phi) is 6.10. The number of benzene rings is 1. The molecule has 6 heteroatoms. The van der Waals surface area contributed by atoms with E-state index in [1.807, 2.05) is 0 Å². The summed E-state index contributed by atoms with van der Waals surface area (Å²) in [4.78, 5) is 11.8. The lowest BCUT2D eigenvalue weighted by Crippen LogP contribution is -2.27. The molecule has 1 aromatic carbocycles. The van der Waals surface area contributed by atoms with E-state index >= 15 is 0 Å². The average Bonchev–Trinajstić information content (AvgIpc) is 2.29. The zero-order valence-corrected chi connectivity index (χ0v) is 12.8. The molecule has 0 atom stereocenters. The van der Waals surface area contributed by atoms with Crippen LogP contribution >= 0.6 is 11.6 Å². The Hall–Kier alpha value is -1.46. The number of nitrogens with one attached hydrogen (secondary N) is 1. The van der Waals surface area contributed by atoms with Crippen LogP contribution in [0.4, 0.5) is 10.5 Å². The van der Waals surface area contributed by atoms with Crippen molar-refractivity contribution >= 4 is 23.4 Å². The lowest BCUT2D eigenvalue weighted by atomic mass is 10.2. The van der Waals surface area contributed by atoms with Crippen LogP contribution in [0.3, 0.4) is 0 Å². The molecule has 0 fully saturated rings. The third-order valence-electron chi connectivity index (χ3n) is 2.18. The number of halogens is 1. The number of hydrogen-bond acceptors (Lipinski definition) is 4. The average molecular weight is 301 g/mol. The lowest BCUT2D eigenvalue weighted by molar-refractivity contribution is 0.0635. The molecule has 0 saturated carbocycles. The van der Waals surface area contributed by atoms with Crippen molar-refractivity contribution in [2.24, 2.45) is 5.73 Å². The molecule has 0 spiro atoms. The third kappa shape index (κ3) is 6.12. The van der Waals surface area contributed by atoms with Crippen molar-refractivity contribution in [2.45, 2.75) is 32.8 Å². The predicted octanol–water partition coefficient (Wildman–Crippen LogP) is 3.41. The molecular formula is C14H21ClN2O3. The second kappa shape index (κ2) is 7.36. The second-order valence-electron chi connectivity index (χ2n) is 5.26. The molecule has 1 aromatic rings. The molecule has 1 rings (SSSR count). The van der Waals surface area contributed by atoms with Gasteiger partial charge in [0.2, 0.25) is 0 Å². The highest BCUT2D eigenvalue weighted by Crippen LogP contribution is 2.28. The maximum atomic E-state index is 11.8. The van der Waals surface area contributed by atoms with E-state index in [0.717, 1.165) is 6.42 Å². The minimum atomic E-state index is -0.566. The Morgan fingerprint density at radius 2 is 2.10 bits per heavy atom. The van der Waals surface area contributed by atoms with Crippen molar-refractivity contribution in [3.63, 3.8) is 0 Å². The second-order valence-corrected chi connectivity index (χ2v) is 5.69. The van der Waals surface area contributed by atoms with Crippen molar-refractivity contribution in [1.82, 2.24) is 0 Å². The number of carbonyl (C=O) groups is 1. The first-order valence-electron chi connectivity index (χ1n) is 6.44. The van der Waals surface area contributed by atoms with Crippen LogP contribution in [0, 0.1) is 0 Å². The number of anilines is 1. The summed E-state index contributed by atoms with van der Waals surface area (Å²) in [5.41, 5.74) is 5.32. The van der Waals surface area contributed by atoms with E-state index in [2.05, 4.69) is 5.32 Å². The van der Waals surface area contributed by atoms with Crippen molar-refractivity contribution in [3.05, 3.63) is 23.2 Å². The molecule has 0 aliphatic rings. The van der Waals surface area contributed by atoms with Gasteiger partial charge in [0.15, 0.2) is 0 Å². The highest BCUT2D eigenvalue weighted by molar-refractivity contribution is 6.31. The Balaban J connectivity index is 2.76. The maximum absolute atomic E-state index is 11.8. The first-order valence-corrected chi connectivity index (χ1v) is 6.82. The standard InChI is InChI=1S/C14H21ClN2O3/c1-14(2,3)20-13(18)17-11-9-10(15)5-6-12(11)19-8-4-7-16/h5-6,9H,4,7-8,16H2,1-3H3,(H,17,18). The summed E-state index contributed by atoms with van der Waals surface area (Å²) < 4.78 is 10.7. The van der Waals surface area contributed by atoms with Crippen LogP contribution in [-0.4, -0.2) is 24.8 Å². The number of ether oxygens (including phenoxy) is 2. The van der Waals surface area contributed by atoms with Crippen molar-refractivity contribution < 1.29 is 14.3 Å². The molecule has 0 radical (unpaired) electrons. The van der Waals surface area contributed by atoms with Crippen LogP contribution in [0.15, 0.2) is 18.2 Å². The lowest BCUT2D eigenvalue weighted by Gasteiger charge is -2.20. The van der Waals surface area contributed by atoms with E-state index in [4.69, 9.17) is 26.8 Å². The fraction of sp³-hybridized carbons (Fsp3) is 0.500. The molecular weight excluding hydrogens is 280 g/mol. The summed E-state index contributed by atoms with van der Waals surface area (Å²) in [5.74, 6) is 0.536. The van der Waals surface area contributed by atoms with E-state index in [1.165, 1.54) is 0 Å². The highest BCUT2D eigenvalue weighted by atomic mass is 35.5. The van der Waals surface area contributed by atoms with Gasteiger partial charge in [-0.1, -0.05) is 11.6 Å². The fourth-order valence-corrected chi connectivity index (χ4v) is 1.58. The molecule has 3 N–H and O–H groups in total. The van der Waals surface area contributed by atoms with Crippen LogP contribution in [-0.2, 0) is 4.74 Å². The number of nitrogens with two attached hydrogens (primary N) is 1. The SMILES string of the molecule is CC(C)(C)OC(=O)Nc1cc(Cl)ccc1OCCCN. The molecule has 0 aliphatic carbocycles. The van der Waals surface area contributed by atoms with Gasteiger partial charge < -0.3 is 15.2 Å². The topological polar surface area (TPSA) is 73.6 Å². The number of carbonyl (C=O) groups excluding carboxylic acids is 1. The van der Waals surface area contributed by atoms with E-state index in [1.54, 1.807) is 39.0 Å². The molecule has 0 aromatic heterocycles. The molecule has 5 nitrogen and oxygen atoms in total. The van der Waals surface area contributed by atoms with Gasteiger partial charge in [0.05, 0.1) is 12.3 Å². The van der Waals surface area contributed by atoms with Gasteiger partial charge in [-0.3, -0.25) is 5.32 Å². The third-order valence-corrected chi connectivity index (χ3v) is 2.42. The van der Waals surface area contributed by atoms with Gasteiger partial charge in [0.25, 0.3) is 0 Å². The Bertz CT molecular complexity index is 458. The zero-order chi connectivity index (χ0) is 15.2. The van der Waals surface area contributed by atoms with Crippen LogP contribution in [0.2, 0.25) is 5.02 Å². The van der Waals surface area contributed by atoms with Crippen molar-refractivity contribution in [2.75, 3.05) is 18.5 Å². The Labute approximate surface area is 124 Å². The maximum Gasteiger partial charge on any atom is 0.412 e. The monoisotopic (exact) mass is 300 g/mol. The minimum absolute atomic E-state index is 0.473. The van der Waals surface area contributed by atoms with Gasteiger partial charge in [-0.25, -0.2) is 4.79 Å². The van der Waals surface area contributed by atoms with E-state index < -0.39 is 11.7 Å². The molecule has 0 bridgehead atoms. The Morgan fingerprint density at radius 3 is 2.70 bits per heavy atom. The number of amides is 1. The number of hydrogen-bond donors (Lipinski definition) is 2. The highest BCUT2D eigenvalue weighted by Gasteiger charge is 2.17. The van der Waals surface area contributed by atoms with Crippen LogP contribution in [0.1, 0.15) is 27.2 Å². The van der Waals surface area contributed by atoms with E-state index in [-0.39, 0.29) is 0 Å². The van der Waals surface area contributed by atoms with Gasteiger partial charge >= 0.3 is 6.09 Å². The smallest absolute Gasteiger partial charge is 0.412 e. The largest absolute Gasteiger partial charge is 0.491 e. The molecule has 20 heavy (non-hydrogen) atoms. The fourth-order valence-electron chi connectivity index (χ4n) is 1.40. The normalized spacial score (nSPS) is 11.1. The predicted molar refractivity (Wildman–Crippen MR) is 80.5 cm³/mol. The summed E-state index contributed by atoms with van der Waals surface area (Å²) in [7, 11) is 0. The quantitative estimate of drug-likeness (QED) is 0.817. The number of rotatable bonds is 5. The summed E-state index contributed by atoms with van der Waals surface area (Å²) in [6.45, 7) is 6.40. The van der Waals surface area contributed by atoms with Gasteiger partial charge in [-0.05, 0) is 51.9 Å². The molecule has 0 aliphatic heterocycles. The Morgan fingerprint density at radius 1 is 1.40 bits per heavy atom. The van der Waals surface area contributed by atoms with Crippen molar-refractivity contribution in [3.8, 4) is 5.75 Å². The molecule has 0 saturated heterocycles. The van der Waals surface area contributed by atoms with Crippen LogP contribution < -0.4 is 15.8 Å². The van der Waals surface area contributed by atoms with Gasteiger partial charge in [-0.2, -0.15) is 0 Å². The minimum Gasteiger partial charge on any atom is -0.491 e. The molecule has 0 heterocycles. The first kappa shape index (κ1) is 16.6. The van der Waals surface area contributed by atoms with Gasteiger partial charge in [0, 0.05) is 5.02 Å². The van der Waals surface area contributed by atoms with Gasteiger partial charge in [0.1, 0.15) is 11.4 Å². The zero-order valence-electron chi connectivity index (χ0n) is 12.0. The molecule has 1 amide bonds. The van der Waals surface area contributed by atoms with Crippen molar-refractivity contribution in [1.29, 1.82) is 0 Å². The summed E-state index contributed by atoms with van der Waals surface area (Å²) in [6, 6.07) is 5.01. The van der Waals surface area contributed by atoms with Crippen LogP contribution in [0.25, 0.3) is 0 Å². The summed E-state index contributed by atoms with van der Waals surface area (Å²) in [5, 5.41) is 3.14. The van der Waals surface area contributed by atoms with E-state index in [9.17, 15) is 4.79 Å². The summed E-state index contributed by atoms with van der Waals surface area (Å²) >= 11 is 5.93. The molecule has 0 unspecified atom stereocenters. The van der Waals surface area contributed by atoms with Gasteiger partial charge in [-0.15, -0.1) is 0 Å². The summed E-state index contributed by atoms with van der Waals surface area (Å²) in [6.07, 6.45) is 0.178. The van der Waals surface area contributed by atoms with Crippen LogP contribution in [0.5, 0.6) is 5.75 Å².